The average Bonchev–Trinajstić information content (AvgIpc) is 2.58. The Morgan fingerprint density at radius 1 is 1.12 bits per heavy atom. The van der Waals surface area contributed by atoms with Crippen molar-refractivity contribution >= 4 is 11.6 Å². The van der Waals surface area contributed by atoms with Crippen molar-refractivity contribution in [3.05, 3.63) is 59.7 Å². The van der Waals surface area contributed by atoms with Gasteiger partial charge in [0, 0.05) is 12.2 Å². The molecule has 0 aliphatic rings. The Kier molecular flexibility index (Phi) is 6.41. The van der Waals surface area contributed by atoms with Crippen LogP contribution in [0.5, 0.6) is 5.75 Å². The third-order valence-electron chi connectivity index (χ3n) is 3.34. The molecule has 0 aromatic heterocycles. The van der Waals surface area contributed by atoms with Crippen molar-refractivity contribution in [3.8, 4) is 5.75 Å². The van der Waals surface area contributed by atoms with Crippen molar-refractivity contribution in [1.29, 1.82) is 0 Å². The Morgan fingerprint density at radius 2 is 1.84 bits per heavy atom. The zero-order chi connectivity index (χ0) is 18.3. The van der Waals surface area contributed by atoms with Gasteiger partial charge in [-0.1, -0.05) is 19.1 Å². The Morgan fingerprint density at radius 3 is 2.48 bits per heavy atom. The highest BCUT2D eigenvalue weighted by molar-refractivity contribution is 5.91. The average molecular weight is 352 g/mol. The molecule has 0 atom stereocenters. The first kappa shape index (κ1) is 18.8. The molecule has 0 aliphatic carbocycles. The number of carbonyl (C=O) groups is 1. The number of carbonyl (C=O) groups excluding carboxylic acids is 1. The van der Waals surface area contributed by atoms with Gasteiger partial charge in [0.15, 0.2) is 6.61 Å². The zero-order valence-electron chi connectivity index (χ0n) is 13.7. The summed E-state index contributed by atoms with van der Waals surface area (Å²) in [4.78, 5) is 11.9. The van der Waals surface area contributed by atoms with Gasteiger partial charge in [0.05, 0.1) is 5.56 Å². The van der Waals surface area contributed by atoms with Crippen LogP contribution in [0.2, 0.25) is 0 Å². The van der Waals surface area contributed by atoms with E-state index in [1.54, 1.807) is 6.07 Å². The van der Waals surface area contributed by atoms with Gasteiger partial charge in [0.2, 0.25) is 0 Å². The van der Waals surface area contributed by atoms with Crippen molar-refractivity contribution < 1.29 is 22.7 Å². The molecule has 0 aliphatic heterocycles. The molecule has 0 saturated heterocycles. The van der Waals surface area contributed by atoms with Crippen molar-refractivity contribution in [1.82, 2.24) is 5.32 Å². The Balaban J connectivity index is 1.86. The quantitative estimate of drug-likeness (QED) is 0.796. The Bertz CT molecular complexity index is 700. The lowest BCUT2D eigenvalue weighted by atomic mass is 10.2. The van der Waals surface area contributed by atoms with E-state index in [0.29, 0.717) is 12.2 Å². The van der Waals surface area contributed by atoms with Crippen molar-refractivity contribution in [3.63, 3.8) is 0 Å². The number of hydrogen-bond donors (Lipinski definition) is 2. The number of hydrogen-bond acceptors (Lipinski definition) is 3. The standard InChI is InChI=1S/C18H19F3N2O2/c1-2-22-11-13-4-3-5-15(10-13)23-17(24)12-25-16-8-6-14(7-9-16)18(19,20)21/h3-10,22H,2,11-12H2,1H3,(H,23,24). The molecule has 2 aromatic carbocycles. The molecule has 0 radical (unpaired) electrons. The minimum absolute atomic E-state index is 0.198. The highest BCUT2D eigenvalue weighted by atomic mass is 19.4. The maximum atomic E-state index is 12.5. The van der Waals surface area contributed by atoms with E-state index in [9.17, 15) is 18.0 Å². The normalized spacial score (nSPS) is 11.2. The molecule has 0 fully saturated rings. The molecule has 0 unspecified atom stereocenters. The van der Waals surface area contributed by atoms with Crippen molar-refractivity contribution in [2.24, 2.45) is 0 Å². The number of nitrogens with one attached hydrogen (secondary N) is 2. The maximum Gasteiger partial charge on any atom is 0.416 e. The van der Waals surface area contributed by atoms with Crippen LogP contribution in [-0.2, 0) is 17.5 Å². The second kappa shape index (κ2) is 8.53. The molecule has 0 heterocycles. The topological polar surface area (TPSA) is 50.4 Å². The number of rotatable bonds is 7. The smallest absolute Gasteiger partial charge is 0.416 e. The van der Waals surface area contributed by atoms with Gasteiger partial charge in [-0.05, 0) is 48.5 Å². The summed E-state index contributed by atoms with van der Waals surface area (Å²) in [5, 5.41) is 5.88. The van der Waals surface area contributed by atoms with Crippen LogP contribution in [0.4, 0.5) is 18.9 Å². The summed E-state index contributed by atoms with van der Waals surface area (Å²) in [6.07, 6.45) is -4.40. The van der Waals surface area contributed by atoms with Gasteiger partial charge in [-0.3, -0.25) is 4.79 Å². The van der Waals surface area contributed by atoms with Gasteiger partial charge in [0.25, 0.3) is 5.91 Å². The van der Waals surface area contributed by atoms with Gasteiger partial charge in [-0.25, -0.2) is 0 Å². The molecule has 25 heavy (non-hydrogen) atoms. The number of benzene rings is 2. The fraction of sp³-hybridized carbons (Fsp3) is 0.278. The number of anilines is 1. The van der Waals surface area contributed by atoms with E-state index < -0.39 is 11.7 Å². The van der Waals surface area contributed by atoms with Gasteiger partial charge in [-0.15, -0.1) is 0 Å². The number of alkyl halides is 3. The summed E-state index contributed by atoms with van der Waals surface area (Å²) in [5.41, 5.74) is 0.904. The fourth-order valence-electron chi connectivity index (χ4n) is 2.11. The predicted molar refractivity (Wildman–Crippen MR) is 89.4 cm³/mol. The molecule has 0 saturated carbocycles. The van der Waals surface area contributed by atoms with Crippen LogP contribution in [0.15, 0.2) is 48.5 Å². The number of ether oxygens (including phenoxy) is 1. The number of halogens is 3. The lowest BCUT2D eigenvalue weighted by molar-refractivity contribution is -0.137. The van der Waals surface area contributed by atoms with E-state index in [-0.39, 0.29) is 18.3 Å². The van der Waals surface area contributed by atoms with E-state index in [1.807, 2.05) is 25.1 Å². The summed E-state index contributed by atoms with van der Waals surface area (Å²) in [6, 6.07) is 11.6. The minimum atomic E-state index is -4.40. The largest absolute Gasteiger partial charge is 0.484 e. The van der Waals surface area contributed by atoms with Crippen LogP contribution in [-0.4, -0.2) is 19.1 Å². The highest BCUT2D eigenvalue weighted by Gasteiger charge is 2.30. The monoisotopic (exact) mass is 352 g/mol. The van der Waals surface area contributed by atoms with E-state index in [1.165, 1.54) is 12.1 Å². The molecule has 0 spiro atoms. The van der Waals surface area contributed by atoms with Crippen molar-refractivity contribution in [2.75, 3.05) is 18.5 Å². The second-order valence-electron chi connectivity index (χ2n) is 5.34. The summed E-state index contributed by atoms with van der Waals surface area (Å²) in [7, 11) is 0. The fourth-order valence-corrected chi connectivity index (χ4v) is 2.11. The van der Waals surface area contributed by atoms with Crippen LogP contribution in [0.1, 0.15) is 18.1 Å². The molecule has 4 nitrogen and oxygen atoms in total. The molecule has 0 bridgehead atoms. The van der Waals surface area contributed by atoms with Crippen LogP contribution < -0.4 is 15.4 Å². The van der Waals surface area contributed by atoms with Crippen LogP contribution in [0, 0.1) is 0 Å². The molecule has 2 aromatic rings. The second-order valence-corrected chi connectivity index (χ2v) is 5.34. The summed E-state index contributed by atoms with van der Waals surface area (Å²) in [5.74, 6) is -0.190. The first-order valence-corrected chi connectivity index (χ1v) is 7.78. The third-order valence-corrected chi connectivity index (χ3v) is 3.34. The molecular formula is C18H19F3N2O2. The molecule has 2 N–H and O–H groups in total. The Labute approximate surface area is 144 Å². The van der Waals surface area contributed by atoms with E-state index in [2.05, 4.69) is 10.6 Å². The lowest BCUT2D eigenvalue weighted by Gasteiger charge is -2.10. The number of amides is 1. The minimum Gasteiger partial charge on any atom is -0.484 e. The predicted octanol–water partition coefficient (Wildman–Crippen LogP) is 3.83. The van der Waals surface area contributed by atoms with Gasteiger partial charge >= 0.3 is 6.18 Å². The summed E-state index contributed by atoms with van der Waals surface area (Å²) >= 11 is 0. The lowest BCUT2D eigenvalue weighted by Crippen LogP contribution is -2.20. The summed E-state index contributed by atoms with van der Waals surface area (Å²) in [6.45, 7) is 3.26. The van der Waals surface area contributed by atoms with Gasteiger partial charge < -0.3 is 15.4 Å². The molecular weight excluding hydrogens is 333 g/mol. The SMILES string of the molecule is CCNCc1cccc(NC(=O)COc2ccc(C(F)(F)F)cc2)c1. The van der Waals surface area contributed by atoms with E-state index >= 15 is 0 Å². The van der Waals surface area contributed by atoms with Gasteiger partial charge in [0.1, 0.15) is 5.75 Å². The maximum absolute atomic E-state index is 12.5. The van der Waals surface area contributed by atoms with Crippen LogP contribution in [0.25, 0.3) is 0 Å². The molecule has 134 valence electrons. The van der Waals surface area contributed by atoms with Crippen LogP contribution in [0.3, 0.4) is 0 Å². The molecule has 1 amide bonds. The van der Waals surface area contributed by atoms with E-state index in [0.717, 1.165) is 24.2 Å². The first-order chi connectivity index (χ1) is 11.9. The van der Waals surface area contributed by atoms with Crippen molar-refractivity contribution in [2.45, 2.75) is 19.6 Å². The third kappa shape index (κ3) is 6.11. The summed E-state index contributed by atoms with van der Waals surface area (Å²) < 4.78 is 42.6. The highest BCUT2D eigenvalue weighted by Crippen LogP contribution is 2.30. The molecule has 2 rings (SSSR count). The first-order valence-electron chi connectivity index (χ1n) is 7.78. The van der Waals surface area contributed by atoms with Gasteiger partial charge in [-0.2, -0.15) is 13.2 Å². The van der Waals surface area contributed by atoms with E-state index in [4.69, 9.17) is 4.74 Å². The van der Waals surface area contributed by atoms with Crippen LogP contribution >= 0.6 is 0 Å². The Hall–Kier alpha value is -2.54. The zero-order valence-corrected chi connectivity index (χ0v) is 13.7. The molecule has 7 heteroatoms.